The fraction of sp³-hybridized carbons (Fsp3) is 0.188. The smallest absolute Gasteiger partial charge is 0.257 e. The van der Waals surface area contributed by atoms with Gasteiger partial charge in [0.15, 0.2) is 0 Å². The highest BCUT2D eigenvalue weighted by molar-refractivity contribution is 6.03. The molecule has 114 valence electrons. The van der Waals surface area contributed by atoms with Crippen LogP contribution in [-0.4, -0.2) is 30.5 Å². The SMILES string of the molecule is COCC(=O)NCc1ccc(NC(=O)c2cccnc2)cc1. The molecule has 0 atom stereocenters. The summed E-state index contributed by atoms with van der Waals surface area (Å²) in [5.74, 6) is -0.384. The highest BCUT2D eigenvalue weighted by Gasteiger charge is 2.05. The molecule has 0 fully saturated rings. The predicted octanol–water partition coefficient (Wildman–Crippen LogP) is 1.60. The lowest BCUT2D eigenvalue weighted by atomic mass is 10.2. The Morgan fingerprint density at radius 3 is 2.59 bits per heavy atom. The topological polar surface area (TPSA) is 80.3 Å². The lowest BCUT2D eigenvalue weighted by Gasteiger charge is -2.07. The van der Waals surface area contributed by atoms with Crippen LogP contribution in [0.15, 0.2) is 48.8 Å². The van der Waals surface area contributed by atoms with Crippen molar-refractivity contribution in [2.45, 2.75) is 6.54 Å². The maximum Gasteiger partial charge on any atom is 0.257 e. The summed E-state index contributed by atoms with van der Waals surface area (Å²) in [7, 11) is 1.47. The molecule has 0 saturated carbocycles. The maximum atomic E-state index is 12.0. The van der Waals surface area contributed by atoms with E-state index in [2.05, 4.69) is 15.6 Å². The first kappa shape index (κ1) is 15.7. The Balaban J connectivity index is 1.89. The Labute approximate surface area is 128 Å². The Morgan fingerprint density at radius 2 is 1.95 bits per heavy atom. The molecule has 0 aliphatic rings. The highest BCUT2D eigenvalue weighted by atomic mass is 16.5. The number of ether oxygens (including phenoxy) is 1. The van der Waals surface area contributed by atoms with E-state index in [0.717, 1.165) is 5.56 Å². The van der Waals surface area contributed by atoms with Gasteiger partial charge in [-0.2, -0.15) is 0 Å². The molecule has 2 aromatic rings. The molecule has 6 heteroatoms. The molecule has 22 heavy (non-hydrogen) atoms. The van der Waals surface area contributed by atoms with Gasteiger partial charge in [-0.05, 0) is 29.8 Å². The average molecular weight is 299 g/mol. The molecule has 0 aliphatic carbocycles. The fourth-order valence-electron chi connectivity index (χ4n) is 1.79. The number of pyridine rings is 1. The van der Waals surface area contributed by atoms with E-state index in [-0.39, 0.29) is 18.4 Å². The third-order valence-electron chi connectivity index (χ3n) is 2.90. The van der Waals surface area contributed by atoms with Gasteiger partial charge in [-0.3, -0.25) is 14.6 Å². The first-order chi connectivity index (χ1) is 10.7. The molecule has 0 spiro atoms. The molecule has 6 nitrogen and oxygen atoms in total. The number of carbonyl (C=O) groups excluding carboxylic acids is 2. The molecule has 1 aromatic heterocycles. The number of nitrogens with one attached hydrogen (secondary N) is 2. The monoisotopic (exact) mass is 299 g/mol. The molecule has 0 bridgehead atoms. The number of aromatic nitrogens is 1. The molecule has 0 saturated heterocycles. The predicted molar refractivity (Wildman–Crippen MR) is 82.4 cm³/mol. The van der Waals surface area contributed by atoms with Gasteiger partial charge in [0.05, 0.1) is 5.56 Å². The number of rotatable bonds is 6. The van der Waals surface area contributed by atoms with Crippen LogP contribution < -0.4 is 10.6 Å². The first-order valence-electron chi connectivity index (χ1n) is 6.75. The van der Waals surface area contributed by atoms with Gasteiger partial charge in [0.25, 0.3) is 5.91 Å². The van der Waals surface area contributed by atoms with Crippen LogP contribution in [0.25, 0.3) is 0 Å². The lowest BCUT2D eigenvalue weighted by molar-refractivity contribution is -0.124. The Hall–Kier alpha value is -2.73. The number of benzene rings is 1. The van der Waals surface area contributed by atoms with Gasteiger partial charge in [0, 0.05) is 31.7 Å². The summed E-state index contributed by atoms with van der Waals surface area (Å²) in [6, 6.07) is 10.7. The number of anilines is 1. The van der Waals surface area contributed by atoms with E-state index >= 15 is 0 Å². The summed E-state index contributed by atoms with van der Waals surface area (Å²) >= 11 is 0. The van der Waals surface area contributed by atoms with Crippen molar-refractivity contribution in [1.29, 1.82) is 0 Å². The summed E-state index contributed by atoms with van der Waals surface area (Å²) in [6.45, 7) is 0.457. The minimum absolute atomic E-state index is 0.0409. The second-order valence-corrected chi connectivity index (χ2v) is 4.60. The summed E-state index contributed by atoms with van der Waals surface area (Å²) < 4.78 is 4.73. The first-order valence-corrected chi connectivity index (χ1v) is 6.75. The van der Waals surface area contributed by atoms with Crippen molar-refractivity contribution in [3.05, 3.63) is 59.9 Å². The highest BCUT2D eigenvalue weighted by Crippen LogP contribution is 2.11. The molecular formula is C16H17N3O3. The molecule has 0 unspecified atom stereocenters. The van der Waals surface area contributed by atoms with Gasteiger partial charge in [-0.25, -0.2) is 0 Å². The van der Waals surface area contributed by atoms with Crippen molar-refractivity contribution in [1.82, 2.24) is 10.3 Å². The normalized spacial score (nSPS) is 10.0. The standard InChI is InChI=1S/C16H17N3O3/c1-22-11-15(20)18-9-12-4-6-14(7-5-12)19-16(21)13-3-2-8-17-10-13/h2-8,10H,9,11H2,1H3,(H,18,20)(H,19,21). The average Bonchev–Trinajstić information content (AvgIpc) is 2.55. The molecule has 2 rings (SSSR count). The molecular weight excluding hydrogens is 282 g/mol. The fourth-order valence-corrected chi connectivity index (χ4v) is 1.79. The zero-order valence-electron chi connectivity index (χ0n) is 12.2. The molecule has 2 amide bonds. The Morgan fingerprint density at radius 1 is 1.18 bits per heavy atom. The summed E-state index contributed by atoms with van der Waals surface area (Å²) in [4.78, 5) is 27.2. The van der Waals surface area contributed by atoms with Crippen LogP contribution in [0.5, 0.6) is 0 Å². The van der Waals surface area contributed by atoms with E-state index in [1.54, 1.807) is 30.5 Å². The third kappa shape index (κ3) is 4.68. The van der Waals surface area contributed by atoms with Crippen LogP contribution in [0.4, 0.5) is 5.69 Å². The van der Waals surface area contributed by atoms with E-state index in [1.807, 2.05) is 12.1 Å². The van der Waals surface area contributed by atoms with Crippen molar-refractivity contribution in [2.24, 2.45) is 0 Å². The molecule has 0 radical (unpaired) electrons. The number of carbonyl (C=O) groups is 2. The molecule has 2 N–H and O–H groups in total. The van der Waals surface area contributed by atoms with E-state index < -0.39 is 0 Å². The Kier molecular flexibility index (Phi) is 5.62. The number of methoxy groups -OCH3 is 1. The van der Waals surface area contributed by atoms with Crippen LogP contribution in [0.2, 0.25) is 0 Å². The molecule has 1 heterocycles. The van der Waals surface area contributed by atoms with Crippen molar-refractivity contribution in [3.63, 3.8) is 0 Å². The largest absolute Gasteiger partial charge is 0.375 e. The lowest BCUT2D eigenvalue weighted by Crippen LogP contribution is -2.26. The minimum Gasteiger partial charge on any atom is -0.375 e. The third-order valence-corrected chi connectivity index (χ3v) is 2.90. The second kappa shape index (κ2) is 7.90. The maximum absolute atomic E-state index is 12.0. The van der Waals surface area contributed by atoms with Crippen LogP contribution in [0.3, 0.4) is 0 Å². The molecule has 1 aromatic carbocycles. The van der Waals surface area contributed by atoms with Crippen molar-refractivity contribution in [2.75, 3.05) is 19.0 Å². The quantitative estimate of drug-likeness (QED) is 0.849. The number of amides is 2. The second-order valence-electron chi connectivity index (χ2n) is 4.60. The number of hydrogen-bond acceptors (Lipinski definition) is 4. The number of nitrogens with zero attached hydrogens (tertiary/aromatic N) is 1. The van der Waals surface area contributed by atoms with Crippen LogP contribution in [0, 0.1) is 0 Å². The summed E-state index contributed by atoms with van der Waals surface area (Å²) in [5, 5.41) is 5.51. The Bertz CT molecular complexity index is 627. The van der Waals surface area contributed by atoms with E-state index in [1.165, 1.54) is 13.3 Å². The van der Waals surface area contributed by atoms with Gasteiger partial charge in [0.2, 0.25) is 5.91 Å². The van der Waals surface area contributed by atoms with Gasteiger partial charge in [-0.15, -0.1) is 0 Å². The minimum atomic E-state index is -0.214. The van der Waals surface area contributed by atoms with Crippen LogP contribution in [0.1, 0.15) is 15.9 Å². The van der Waals surface area contributed by atoms with Gasteiger partial charge >= 0.3 is 0 Å². The van der Waals surface area contributed by atoms with Crippen molar-refractivity contribution in [3.8, 4) is 0 Å². The van der Waals surface area contributed by atoms with E-state index in [9.17, 15) is 9.59 Å². The zero-order chi connectivity index (χ0) is 15.8. The zero-order valence-corrected chi connectivity index (χ0v) is 12.2. The summed E-state index contributed by atoms with van der Waals surface area (Å²) in [6.07, 6.45) is 3.12. The van der Waals surface area contributed by atoms with Gasteiger partial charge < -0.3 is 15.4 Å². The molecule has 0 aliphatic heterocycles. The van der Waals surface area contributed by atoms with Crippen LogP contribution >= 0.6 is 0 Å². The number of hydrogen-bond donors (Lipinski definition) is 2. The van der Waals surface area contributed by atoms with Crippen molar-refractivity contribution < 1.29 is 14.3 Å². The van der Waals surface area contributed by atoms with E-state index in [4.69, 9.17) is 4.74 Å². The van der Waals surface area contributed by atoms with Gasteiger partial charge in [-0.1, -0.05) is 12.1 Å². The van der Waals surface area contributed by atoms with E-state index in [0.29, 0.717) is 17.8 Å². The van der Waals surface area contributed by atoms with Crippen LogP contribution in [-0.2, 0) is 16.1 Å². The van der Waals surface area contributed by atoms with Gasteiger partial charge in [0.1, 0.15) is 6.61 Å². The summed E-state index contributed by atoms with van der Waals surface area (Å²) in [5.41, 5.74) is 2.11. The van der Waals surface area contributed by atoms with Crippen molar-refractivity contribution >= 4 is 17.5 Å².